The topological polar surface area (TPSA) is 38.7 Å². The fourth-order valence-electron chi connectivity index (χ4n) is 0.836. The number of carbonyl (C=O) groups excluding carboxylic acids is 1. The molecule has 0 fully saturated rings. The molecule has 12 heavy (non-hydrogen) atoms. The first-order chi connectivity index (χ1) is 5.77. The van der Waals surface area contributed by atoms with Gasteiger partial charge in [0.1, 0.15) is 5.71 Å². The van der Waals surface area contributed by atoms with Crippen molar-refractivity contribution in [3.63, 3.8) is 0 Å². The maximum Gasteiger partial charge on any atom is 0.336 e. The zero-order valence-electron chi connectivity index (χ0n) is 6.78. The molecule has 0 saturated heterocycles. The predicted molar refractivity (Wildman–Crippen MR) is 46.6 cm³/mol. The Morgan fingerprint density at radius 2 is 2.33 bits per heavy atom. The predicted octanol–water partition coefficient (Wildman–Crippen LogP) is 1.59. The molecule has 0 atom stereocenters. The molecule has 0 spiro atoms. The largest absolute Gasteiger partial charge is 0.421 e. The molecule has 0 unspecified atom stereocenters. The number of hydrogen-bond acceptors (Lipinski definition) is 3. The Morgan fingerprint density at radius 1 is 1.58 bits per heavy atom. The lowest BCUT2D eigenvalue weighted by atomic mass is 10.2. The molecule has 0 aliphatic carbocycles. The fourth-order valence-corrected chi connectivity index (χ4v) is 0.836. The molecule has 3 nitrogen and oxygen atoms in total. The molecular formula is C9H9NO2. The number of rotatable bonds is 1. The van der Waals surface area contributed by atoms with Crippen LogP contribution in [-0.2, 0) is 9.53 Å². The standard InChI is InChI=1S/C9H9NO2/c1-3-8-7(10-4-2)5-6-9(11)12-8/h3-6H,2H2,1H3/b8-3+,10-7-. The Balaban J connectivity index is 3.01. The average molecular weight is 163 g/mol. The van der Waals surface area contributed by atoms with Crippen LogP contribution in [0, 0.1) is 0 Å². The lowest BCUT2D eigenvalue weighted by Gasteiger charge is -2.09. The van der Waals surface area contributed by atoms with E-state index in [0.29, 0.717) is 11.5 Å². The lowest BCUT2D eigenvalue weighted by molar-refractivity contribution is -0.133. The van der Waals surface area contributed by atoms with Crippen molar-refractivity contribution in [2.24, 2.45) is 4.99 Å². The summed E-state index contributed by atoms with van der Waals surface area (Å²) >= 11 is 0. The third-order valence-corrected chi connectivity index (χ3v) is 1.33. The molecule has 1 aliphatic rings. The van der Waals surface area contributed by atoms with Crippen molar-refractivity contribution >= 4 is 11.7 Å². The number of carbonyl (C=O) groups is 1. The van der Waals surface area contributed by atoms with Gasteiger partial charge < -0.3 is 4.74 Å². The molecule has 0 aromatic rings. The van der Waals surface area contributed by atoms with Gasteiger partial charge in [-0.2, -0.15) is 0 Å². The summed E-state index contributed by atoms with van der Waals surface area (Å²) in [7, 11) is 0. The van der Waals surface area contributed by atoms with Crippen LogP contribution in [0.2, 0.25) is 0 Å². The molecule has 1 aliphatic heterocycles. The van der Waals surface area contributed by atoms with Crippen molar-refractivity contribution in [3.8, 4) is 0 Å². The van der Waals surface area contributed by atoms with Gasteiger partial charge in [-0.1, -0.05) is 6.58 Å². The van der Waals surface area contributed by atoms with Crippen molar-refractivity contribution in [1.82, 2.24) is 0 Å². The maximum atomic E-state index is 10.8. The van der Waals surface area contributed by atoms with Crippen molar-refractivity contribution in [2.45, 2.75) is 6.92 Å². The number of nitrogens with zero attached hydrogens (tertiary/aromatic N) is 1. The first-order valence-electron chi connectivity index (χ1n) is 3.53. The summed E-state index contributed by atoms with van der Waals surface area (Å²) in [5.41, 5.74) is 0.618. The number of ether oxygens (including phenoxy) is 1. The van der Waals surface area contributed by atoms with Crippen molar-refractivity contribution in [3.05, 3.63) is 36.8 Å². The van der Waals surface area contributed by atoms with Crippen molar-refractivity contribution in [2.75, 3.05) is 0 Å². The van der Waals surface area contributed by atoms with E-state index in [9.17, 15) is 4.79 Å². The van der Waals surface area contributed by atoms with Gasteiger partial charge in [0.15, 0.2) is 5.76 Å². The zero-order valence-corrected chi connectivity index (χ0v) is 6.78. The molecule has 1 rings (SSSR count). The van der Waals surface area contributed by atoms with E-state index in [1.54, 1.807) is 19.1 Å². The van der Waals surface area contributed by atoms with Crippen LogP contribution < -0.4 is 0 Å². The quantitative estimate of drug-likeness (QED) is 0.550. The van der Waals surface area contributed by atoms with Crippen LogP contribution in [0.4, 0.5) is 0 Å². The molecule has 0 bridgehead atoms. The van der Waals surface area contributed by atoms with Crippen LogP contribution in [0.5, 0.6) is 0 Å². The summed E-state index contributed by atoms with van der Waals surface area (Å²) < 4.78 is 4.86. The molecule has 0 aromatic carbocycles. The Labute approximate surface area is 70.8 Å². The summed E-state index contributed by atoms with van der Waals surface area (Å²) in [6.45, 7) is 5.23. The average Bonchev–Trinajstić information content (AvgIpc) is 2.08. The van der Waals surface area contributed by atoms with E-state index in [4.69, 9.17) is 4.74 Å². The van der Waals surface area contributed by atoms with Gasteiger partial charge in [0, 0.05) is 12.3 Å². The molecule has 0 aromatic heterocycles. The highest BCUT2D eigenvalue weighted by Gasteiger charge is 2.13. The summed E-state index contributed by atoms with van der Waals surface area (Å²) in [6, 6.07) is 0. The summed E-state index contributed by atoms with van der Waals surface area (Å²) in [5.74, 6) is 0.105. The van der Waals surface area contributed by atoms with E-state index < -0.39 is 0 Å². The van der Waals surface area contributed by atoms with Crippen LogP contribution >= 0.6 is 0 Å². The van der Waals surface area contributed by atoms with Gasteiger partial charge >= 0.3 is 5.97 Å². The van der Waals surface area contributed by atoms with Gasteiger partial charge in [-0.15, -0.1) is 0 Å². The monoisotopic (exact) mass is 163 g/mol. The van der Waals surface area contributed by atoms with Crippen LogP contribution in [-0.4, -0.2) is 11.7 Å². The highest BCUT2D eigenvalue weighted by atomic mass is 16.5. The molecule has 0 radical (unpaired) electrons. The fraction of sp³-hybridized carbons (Fsp3) is 0.111. The number of esters is 1. The van der Waals surface area contributed by atoms with E-state index in [2.05, 4.69) is 11.6 Å². The Bertz CT molecular complexity index is 298. The second kappa shape index (κ2) is 3.67. The number of hydrogen-bond donors (Lipinski definition) is 0. The van der Waals surface area contributed by atoms with Gasteiger partial charge in [0.05, 0.1) is 0 Å². The third kappa shape index (κ3) is 1.69. The second-order valence-electron chi connectivity index (χ2n) is 2.10. The van der Waals surface area contributed by atoms with E-state index >= 15 is 0 Å². The van der Waals surface area contributed by atoms with Crippen molar-refractivity contribution < 1.29 is 9.53 Å². The SMILES string of the molecule is C=C/N=C1/C=CC(=O)O/C1=C/C. The smallest absolute Gasteiger partial charge is 0.336 e. The van der Waals surface area contributed by atoms with Gasteiger partial charge in [0.25, 0.3) is 0 Å². The van der Waals surface area contributed by atoms with Gasteiger partial charge in [-0.25, -0.2) is 4.79 Å². The Morgan fingerprint density at radius 3 is 2.92 bits per heavy atom. The maximum absolute atomic E-state index is 10.8. The van der Waals surface area contributed by atoms with Crippen molar-refractivity contribution in [1.29, 1.82) is 0 Å². The van der Waals surface area contributed by atoms with E-state index in [1.165, 1.54) is 12.3 Å². The number of aliphatic imine (C=N–C) groups is 1. The minimum Gasteiger partial charge on any atom is -0.421 e. The minimum absolute atomic E-state index is 0.369. The first-order valence-corrected chi connectivity index (χ1v) is 3.53. The molecule has 0 saturated carbocycles. The van der Waals surface area contributed by atoms with Crippen LogP contribution in [0.1, 0.15) is 6.92 Å². The third-order valence-electron chi connectivity index (χ3n) is 1.33. The van der Waals surface area contributed by atoms with Crippen LogP contribution in [0.25, 0.3) is 0 Å². The highest BCUT2D eigenvalue weighted by molar-refractivity contribution is 6.13. The normalized spacial score (nSPS) is 22.9. The minimum atomic E-state index is -0.369. The van der Waals surface area contributed by atoms with Gasteiger partial charge in [-0.3, -0.25) is 4.99 Å². The highest BCUT2D eigenvalue weighted by Crippen LogP contribution is 2.09. The van der Waals surface area contributed by atoms with Crippen LogP contribution in [0.15, 0.2) is 41.8 Å². The molecular weight excluding hydrogens is 154 g/mol. The molecule has 0 amide bonds. The van der Waals surface area contributed by atoms with E-state index in [1.807, 2.05) is 0 Å². The number of cyclic esters (lactones) is 1. The summed E-state index contributed by atoms with van der Waals surface area (Å²) in [4.78, 5) is 14.7. The lowest BCUT2D eigenvalue weighted by Crippen LogP contribution is -2.13. The molecule has 3 heteroatoms. The molecule has 1 heterocycles. The first kappa shape index (κ1) is 8.46. The second-order valence-corrected chi connectivity index (χ2v) is 2.10. The molecule has 62 valence electrons. The van der Waals surface area contributed by atoms with Gasteiger partial charge in [0.2, 0.25) is 0 Å². The van der Waals surface area contributed by atoms with E-state index in [-0.39, 0.29) is 5.97 Å². The summed E-state index contributed by atoms with van der Waals surface area (Å²) in [5, 5.41) is 0. The molecule has 0 N–H and O–H groups in total. The number of allylic oxidation sites excluding steroid dienone is 2. The van der Waals surface area contributed by atoms with E-state index in [0.717, 1.165) is 0 Å². The Hall–Kier alpha value is -1.64. The summed E-state index contributed by atoms with van der Waals surface area (Å²) in [6.07, 6.45) is 6.02. The van der Waals surface area contributed by atoms with Gasteiger partial charge in [-0.05, 0) is 19.1 Å². The van der Waals surface area contributed by atoms with Crippen LogP contribution in [0.3, 0.4) is 0 Å². The Kier molecular flexibility index (Phi) is 2.58. The zero-order chi connectivity index (χ0) is 8.97.